The lowest BCUT2D eigenvalue weighted by Crippen LogP contribution is -2.33. The van der Waals surface area contributed by atoms with Crippen molar-refractivity contribution >= 4 is 18.0 Å². The van der Waals surface area contributed by atoms with E-state index >= 15 is 0 Å². The maximum absolute atomic E-state index is 12.6. The topological polar surface area (TPSA) is 83.1 Å². The number of hydrogen-bond acceptors (Lipinski definition) is 6. The summed E-state index contributed by atoms with van der Waals surface area (Å²) in [7, 11) is 4.75. The average molecular weight is 462 g/mol. The van der Waals surface area contributed by atoms with Crippen molar-refractivity contribution in [2.24, 2.45) is 0 Å². The van der Waals surface area contributed by atoms with Gasteiger partial charge in [0.2, 0.25) is 0 Å². The van der Waals surface area contributed by atoms with Gasteiger partial charge in [0, 0.05) is 6.08 Å². The average Bonchev–Trinajstić information content (AvgIpc) is 2.89. The van der Waals surface area contributed by atoms with Crippen LogP contribution < -0.4 is 19.5 Å². The third kappa shape index (κ3) is 6.87. The molecular formula is C27H27NO6. The number of esters is 1. The fourth-order valence-electron chi connectivity index (χ4n) is 3.25. The molecule has 176 valence electrons. The summed E-state index contributed by atoms with van der Waals surface area (Å²) in [4.78, 5) is 24.7. The summed E-state index contributed by atoms with van der Waals surface area (Å²) in [5.41, 5.74) is 2.48. The summed E-state index contributed by atoms with van der Waals surface area (Å²) in [6, 6.07) is 21.6. The Balaban J connectivity index is 1.65. The first-order chi connectivity index (χ1) is 16.5. The van der Waals surface area contributed by atoms with Crippen LogP contribution in [0.4, 0.5) is 0 Å². The first-order valence-electron chi connectivity index (χ1n) is 10.6. The van der Waals surface area contributed by atoms with Gasteiger partial charge in [-0.05, 0) is 59.2 Å². The largest absolute Gasteiger partial charge is 0.497 e. The minimum atomic E-state index is -0.622. The minimum Gasteiger partial charge on any atom is -0.497 e. The fraction of sp³-hybridized carbons (Fsp3) is 0.185. The van der Waals surface area contributed by atoms with Crippen molar-refractivity contribution in [1.82, 2.24) is 5.32 Å². The van der Waals surface area contributed by atoms with E-state index in [-0.39, 0.29) is 0 Å². The molecule has 7 heteroatoms. The number of hydrogen-bond donors (Lipinski definition) is 1. The number of rotatable bonds is 10. The lowest BCUT2D eigenvalue weighted by atomic mass is 9.98. The number of benzene rings is 3. The number of amides is 1. The molecule has 3 rings (SSSR count). The molecule has 0 fully saturated rings. The number of carbonyl (C=O) groups is 2. The Labute approximate surface area is 198 Å². The molecule has 0 aliphatic carbocycles. The van der Waals surface area contributed by atoms with Gasteiger partial charge in [-0.15, -0.1) is 0 Å². The molecule has 0 saturated carbocycles. The van der Waals surface area contributed by atoms with E-state index in [1.54, 1.807) is 33.5 Å². The van der Waals surface area contributed by atoms with Crippen LogP contribution in [0.3, 0.4) is 0 Å². The molecule has 0 spiro atoms. The van der Waals surface area contributed by atoms with Crippen LogP contribution in [0.15, 0.2) is 78.9 Å². The molecule has 0 atom stereocenters. The first kappa shape index (κ1) is 24.4. The normalized spacial score (nSPS) is 10.7. The Morgan fingerprint density at radius 1 is 0.794 bits per heavy atom. The zero-order valence-electron chi connectivity index (χ0n) is 19.3. The summed E-state index contributed by atoms with van der Waals surface area (Å²) in [5.74, 6) is 1.04. The highest BCUT2D eigenvalue weighted by Gasteiger charge is 2.18. The quantitative estimate of drug-likeness (QED) is 0.360. The minimum absolute atomic E-state index is 0.413. The lowest BCUT2D eigenvalue weighted by Gasteiger charge is -2.20. The molecule has 1 amide bonds. The Hall–Kier alpha value is -4.26. The molecule has 0 saturated heterocycles. The van der Waals surface area contributed by atoms with E-state index in [4.69, 9.17) is 18.9 Å². The SMILES string of the molecule is COc1ccc(C(NC(=O)COC(=O)/C=C/c2cccc(OC)c2)c2ccc(OC)cc2)cc1. The second kappa shape index (κ2) is 12.1. The summed E-state index contributed by atoms with van der Waals surface area (Å²) >= 11 is 0. The molecule has 3 aromatic rings. The monoisotopic (exact) mass is 461 g/mol. The number of methoxy groups -OCH3 is 3. The molecule has 0 bridgehead atoms. The molecule has 3 aromatic carbocycles. The van der Waals surface area contributed by atoms with Crippen LogP contribution in [0.1, 0.15) is 22.7 Å². The van der Waals surface area contributed by atoms with Crippen molar-refractivity contribution in [2.75, 3.05) is 27.9 Å². The van der Waals surface area contributed by atoms with E-state index in [0.29, 0.717) is 17.2 Å². The van der Waals surface area contributed by atoms with Crippen molar-refractivity contribution in [1.29, 1.82) is 0 Å². The fourth-order valence-corrected chi connectivity index (χ4v) is 3.25. The predicted octanol–water partition coefficient (Wildman–Crippen LogP) is 4.17. The summed E-state index contributed by atoms with van der Waals surface area (Å²) in [6.07, 6.45) is 2.87. The highest BCUT2D eigenvalue weighted by Crippen LogP contribution is 2.26. The lowest BCUT2D eigenvalue weighted by molar-refractivity contribution is -0.143. The van der Waals surface area contributed by atoms with Crippen LogP contribution in [0, 0.1) is 0 Å². The second-order valence-corrected chi connectivity index (χ2v) is 7.26. The molecule has 7 nitrogen and oxygen atoms in total. The predicted molar refractivity (Wildman–Crippen MR) is 129 cm³/mol. The number of nitrogens with one attached hydrogen (secondary N) is 1. The molecule has 1 N–H and O–H groups in total. The molecule has 0 aliphatic heterocycles. The Kier molecular flexibility index (Phi) is 8.68. The zero-order valence-corrected chi connectivity index (χ0v) is 19.3. The van der Waals surface area contributed by atoms with Crippen LogP contribution in [0.25, 0.3) is 6.08 Å². The summed E-state index contributed by atoms with van der Waals surface area (Å²) in [5, 5.41) is 2.93. The first-order valence-corrected chi connectivity index (χ1v) is 10.6. The van der Waals surface area contributed by atoms with E-state index in [1.165, 1.54) is 6.08 Å². The third-order valence-corrected chi connectivity index (χ3v) is 5.05. The maximum Gasteiger partial charge on any atom is 0.331 e. The Bertz CT molecular complexity index is 1080. The van der Waals surface area contributed by atoms with E-state index in [1.807, 2.05) is 66.7 Å². The van der Waals surface area contributed by atoms with Crippen molar-refractivity contribution in [3.05, 3.63) is 95.6 Å². The van der Waals surface area contributed by atoms with Crippen molar-refractivity contribution < 1.29 is 28.5 Å². The Morgan fingerprint density at radius 2 is 1.35 bits per heavy atom. The standard InChI is InChI=1S/C27H27NO6/c1-31-22-12-8-20(9-13-22)27(21-10-14-23(32-2)15-11-21)28-25(29)18-34-26(30)16-7-19-5-4-6-24(17-19)33-3/h4-17,27H,18H2,1-3H3,(H,28,29)/b16-7+. The number of carbonyl (C=O) groups excluding carboxylic acids is 2. The van der Waals surface area contributed by atoms with Gasteiger partial charge in [-0.2, -0.15) is 0 Å². The smallest absolute Gasteiger partial charge is 0.331 e. The van der Waals surface area contributed by atoms with E-state index in [0.717, 1.165) is 16.7 Å². The van der Waals surface area contributed by atoms with Crippen LogP contribution in [-0.4, -0.2) is 39.8 Å². The van der Waals surface area contributed by atoms with Crippen LogP contribution in [0.2, 0.25) is 0 Å². The van der Waals surface area contributed by atoms with Crippen molar-refractivity contribution in [2.45, 2.75) is 6.04 Å². The molecular weight excluding hydrogens is 434 g/mol. The zero-order chi connectivity index (χ0) is 24.3. The third-order valence-electron chi connectivity index (χ3n) is 5.05. The van der Waals surface area contributed by atoms with E-state index < -0.39 is 24.5 Å². The van der Waals surface area contributed by atoms with Crippen LogP contribution >= 0.6 is 0 Å². The van der Waals surface area contributed by atoms with Gasteiger partial charge in [0.05, 0.1) is 27.4 Å². The van der Waals surface area contributed by atoms with Gasteiger partial charge >= 0.3 is 5.97 Å². The second-order valence-electron chi connectivity index (χ2n) is 7.26. The van der Waals surface area contributed by atoms with Gasteiger partial charge in [0.15, 0.2) is 6.61 Å². The van der Waals surface area contributed by atoms with Gasteiger partial charge in [0.1, 0.15) is 17.2 Å². The molecule has 0 radical (unpaired) electrons. The number of ether oxygens (including phenoxy) is 4. The highest BCUT2D eigenvalue weighted by molar-refractivity contribution is 5.89. The van der Waals surface area contributed by atoms with Gasteiger partial charge in [-0.3, -0.25) is 4.79 Å². The van der Waals surface area contributed by atoms with Gasteiger partial charge in [-0.25, -0.2) is 4.79 Å². The van der Waals surface area contributed by atoms with Gasteiger partial charge in [-0.1, -0.05) is 36.4 Å². The highest BCUT2D eigenvalue weighted by atomic mass is 16.5. The molecule has 0 aromatic heterocycles. The van der Waals surface area contributed by atoms with Crippen LogP contribution in [-0.2, 0) is 14.3 Å². The van der Waals surface area contributed by atoms with Crippen molar-refractivity contribution in [3.63, 3.8) is 0 Å². The van der Waals surface area contributed by atoms with Crippen LogP contribution in [0.5, 0.6) is 17.2 Å². The van der Waals surface area contributed by atoms with E-state index in [9.17, 15) is 9.59 Å². The van der Waals surface area contributed by atoms with Crippen molar-refractivity contribution in [3.8, 4) is 17.2 Å². The molecule has 0 aliphatic rings. The summed E-state index contributed by atoms with van der Waals surface area (Å²) in [6.45, 7) is -0.413. The van der Waals surface area contributed by atoms with E-state index in [2.05, 4.69) is 5.32 Å². The Morgan fingerprint density at radius 3 is 1.88 bits per heavy atom. The summed E-state index contributed by atoms with van der Waals surface area (Å²) < 4.78 is 20.7. The molecule has 0 unspecified atom stereocenters. The molecule has 0 heterocycles. The van der Waals surface area contributed by atoms with Gasteiger partial charge in [0.25, 0.3) is 5.91 Å². The maximum atomic E-state index is 12.6. The molecule has 34 heavy (non-hydrogen) atoms. The van der Waals surface area contributed by atoms with Gasteiger partial charge < -0.3 is 24.3 Å².